The van der Waals surface area contributed by atoms with Crippen LogP contribution in [0.15, 0.2) is 82.7 Å². The quantitative estimate of drug-likeness (QED) is 0.360. The van der Waals surface area contributed by atoms with Crippen molar-refractivity contribution in [3.8, 4) is 17.2 Å². The van der Waals surface area contributed by atoms with Crippen LogP contribution < -0.4 is 15.7 Å². The Hall–Kier alpha value is -4.39. The van der Waals surface area contributed by atoms with Crippen LogP contribution >= 0.6 is 0 Å². The highest BCUT2D eigenvalue weighted by molar-refractivity contribution is 6.03. The standard InChI is InChI=1S/C26H21N3O4/c30-24-20-13-6-9-17-10-7-15-29(23(17)20)26(32)22(24)25(31)28-27-16-18-8-4-5-14-21(18)33-19-11-2-1-3-12-19/h1-6,8-9,11-14,16,30H,7,10,15H2,(H,28,31)/b27-16+. The molecule has 33 heavy (non-hydrogen) atoms. The zero-order valence-electron chi connectivity index (χ0n) is 17.7. The molecule has 5 rings (SSSR count). The van der Waals surface area contributed by atoms with Crippen LogP contribution in [-0.4, -0.2) is 21.8 Å². The number of hydrogen-bond donors (Lipinski definition) is 2. The van der Waals surface area contributed by atoms with Gasteiger partial charge in [-0.3, -0.25) is 9.59 Å². The van der Waals surface area contributed by atoms with E-state index in [9.17, 15) is 14.7 Å². The molecule has 2 N–H and O–H groups in total. The van der Waals surface area contributed by atoms with Crippen LogP contribution in [-0.2, 0) is 13.0 Å². The Balaban J connectivity index is 1.43. The number of rotatable bonds is 5. The van der Waals surface area contributed by atoms with Crippen LogP contribution in [0.25, 0.3) is 10.9 Å². The predicted molar refractivity (Wildman–Crippen MR) is 126 cm³/mol. The number of carbonyl (C=O) groups excluding carboxylic acids is 1. The molecule has 0 bridgehead atoms. The van der Waals surface area contributed by atoms with Crippen LogP contribution in [0.3, 0.4) is 0 Å². The highest BCUT2D eigenvalue weighted by Gasteiger charge is 2.24. The summed E-state index contributed by atoms with van der Waals surface area (Å²) in [5, 5.41) is 15.2. The molecule has 7 heteroatoms. The lowest BCUT2D eigenvalue weighted by Crippen LogP contribution is -2.33. The number of amides is 1. The van der Waals surface area contributed by atoms with Crippen LogP contribution in [0.4, 0.5) is 0 Å². The van der Waals surface area contributed by atoms with E-state index in [-0.39, 0.29) is 11.3 Å². The maximum absolute atomic E-state index is 13.0. The second kappa shape index (κ2) is 8.63. The van der Waals surface area contributed by atoms with Crippen molar-refractivity contribution in [2.45, 2.75) is 19.4 Å². The minimum absolute atomic E-state index is 0.312. The molecule has 2 heterocycles. The number of hydrogen-bond acceptors (Lipinski definition) is 5. The minimum Gasteiger partial charge on any atom is -0.506 e. The van der Waals surface area contributed by atoms with Crippen molar-refractivity contribution < 1.29 is 14.6 Å². The zero-order valence-corrected chi connectivity index (χ0v) is 17.7. The average Bonchev–Trinajstić information content (AvgIpc) is 2.84. The van der Waals surface area contributed by atoms with Gasteiger partial charge in [0.15, 0.2) is 0 Å². The van der Waals surface area contributed by atoms with Gasteiger partial charge >= 0.3 is 0 Å². The summed E-state index contributed by atoms with van der Waals surface area (Å²) in [6.07, 6.45) is 3.07. The fourth-order valence-corrected chi connectivity index (χ4v) is 4.13. The maximum Gasteiger partial charge on any atom is 0.280 e. The van der Waals surface area contributed by atoms with Gasteiger partial charge in [-0.05, 0) is 48.7 Å². The molecule has 0 aliphatic carbocycles. The summed E-state index contributed by atoms with van der Waals surface area (Å²) >= 11 is 0. The first kappa shape index (κ1) is 20.5. The van der Waals surface area contributed by atoms with E-state index in [1.165, 1.54) is 6.21 Å². The van der Waals surface area contributed by atoms with Crippen molar-refractivity contribution >= 4 is 23.0 Å². The Bertz CT molecular complexity index is 1440. The number of hydrazone groups is 1. The number of ether oxygens (including phenoxy) is 1. The van der Waals surface area contributed by atoms with Gasteiger partial charge in [-0.1, -0.05) is 42.5 Å². The summed E-state index contributed by atoms with van der Waals surface area (Å²) in [7, 11) is 0. The molecule has 4 aromatic rings. The van der Waals surface area contributed by atoms with Crippen molar-refractivity contribution in [1.29, 1.82) is 0 Å². The van der Waals surface area contributed by atoms with E-state index in [1.807, 2.05) is 54.6 Å². The van der Waals surface area contributed by atoms with Gasteiger partial charge in [-0.2, -0.15) is 5.10 Å². The fourth-order valence-electron chi connectivity index (χ4n) is 4.13. The van der Waals surface area contributed by atoms with Gasteiger partial charge in [-0.15, -0.1) is 0 Å². The van der Waals surface area contributed by atoms with E-state index in [2.05, 4.69) is 10.5 Å². The molecule has 0 atom stereocenters. The highest BCUT2D eigenvalue weighted by Crippen LogP contribution is 2.31. The molecule has 0 fully saturated rings. The second-order valence-corrected chi connectivity index (χ2v) is 7.75. The molecule has 164 valence electrons. The molecule has 0 unspecified atom stereocenters. The third-order valence-electron chi connectivity index (χ3n) is 5.66. The number of carbonyl (C=O) groups is 1. The van der Waals surface area contributed by atoms with Crippen molar-refractivity contribution in [3.05, 3.63) is 99.8 Å². The lowest BCUT2D eigenvalue weighted by molar-refractivity contribution is 0.0950. The predicted octanol–water partition coefficient (Wildman–Crippen LogP) is 4.21. The first-order chi connectivity index (χ1) is 16.1. The van der Waals surface area contributed by atoms with Crippen molar-refractivity contribution in [2.24, 2.45) is 5.10 Å². The van der Waals surface area contributed by atoms with Crippen LogP contribution in [0.2, 0.25) is 0 Å². The number of aryl methyl sites for hydroxylation is 2. The Morgan fingerprint density at radius 3 is 2.67 bits per heavy atom. The largest absolute Gasteiger partial charge is 0.506 e. The van der Waals surface area contributed by atoms with Crippen LogP contribution in [0.1, 0.15) is 27.9 Å². The summed E-state index contributed by atoms with van der Waals surface area (Å²) in [5.41, 5.74) is 3.86. The van der Waals surface area contributed by atoms with Gasteiger partial charge in [-0.25, -0.2) is 5.43 Å². The monoisotopic (exact) mass is 439 g/mol. The molecule has 3 aromatic carbocycles. The third kappa shape index (κ3) is 3.85. The topological polar surface area (TPSA) is 92.9 Å². The van der Waals surface area contributed by atoms with Crippen LogP contribution in [0, 0.1) is 0 Å². The van der Waals surface area contributed by atoms with E-state index in [1.54, 1.807) is 22.8 Å². The van der Waals surface area contributed by atoms with E-state index in [0.29, 0.717) is 34.5 Å². The lowest BCUT2D eigenvalue weighted by Gasteiger charge is -2.21. The van der Waals surface area contributed by atoms with Gasteiger partial charge in [0.05, 0.1) is 11.7 Å². The number of benzene rings is 3. The van der Waals surface area contributed by atoms with E-state index < -0.39 is 11.5 Å². The Labute approximate surface area is 189 Å². The fraction of sp³-hybridized carbons (Fsp3) is 0.115. The van der Waals surface area contributed by atoms with Gasteiger partial charge in [0.2, 0.25) is 0 Å². The first-order valence-electron chi connectivity index (χ1n) is 10.7. The van der Waals surface area contributed by atoms with Crippen molar-refractivity contribution in [3.63, 3.8) is 0 Å². The lowest BCUT2D eigenvalue weighted by atomic mass is 9.99. The number of para-hydroxylation sites is 3. The van der Waals surface area contributed by atoms with Gasteiger partial charge in [0.25, 0.3) is 11.5 Å². The second-order valence-electron chi connectivity index (χ2n) is 7.75. The van der Waals surface area contributed by atoms with Gasteiger partial charge in [0, 0.05) is 17.5 Å². The molecule has 0 saturated carbocycles. The molecule has 1 aliphatic heterocycles. The van der Waals surface area contributed by atoms with E-state index in [0.717, 1.165) is 18.4 Å². The molecule has 1 amide bonds. The number of aromatic hydroxyl groups is 1. The minimum atomic E-state index is -0.767. The Morgan fingerprint density at radius 1 is 1.03 bits per heavy atom. The van der Waals surface area contributed by atoms with Crippen molar-refractivity contribution in [2.75, 3.05) is 0 Å². The average molecular weight is 439 g/mol. The molecule has 1 aromatic heterocycles. The summed E-state index contributed by atoms with van der Waals surface area (Å²) in [4.78, 5) is 25.9. The molecule has 0 radical (unpaired) electrons. The SMILES string of the molecule is O=C(N/N=C/c1ccccc1Oc1ccccc1)c1c(O)c2cccc3c2n(c1=O)CCC3. The third-order valence-corrected chi connectivity index (χ3v) is 5.66. The van der Waals surface area contributed by atoms with E-state index >= 15 is 0 Å². The maximum atomic E-state index is 13.0. The number of aromatic nitrogens is 1. The summed E-state index contributed by atoms with van der Waals surface area (Å²) in [6.45, 7) is 0.500. The molecule has 0 saturated heterocycles. The molecule has 7 nitrogen and oxygen atoms in total. The Morgan fingerprint density at radius 2 is 1.82 bits per heavy atom. The molecule has 1 aliphatic rings. The summed E-state index contributed by atoms with van der Waals surface area (Å²) < 4.78 is 7.45. The highest BCUT2D eigenvalue weighted by atomic mass is 16.5. The first-order valence-corrected chi connectivity index (χ1v) is 10.7. The summed E-state index contributed by atoms with van der Waals surface area (Å²) in [6, 6.07) is 22.0. The zero-order chi connectivity index (χ0) is 22.8. The van der Waals surface area contributed by atoms with Crippen LogP contribution in [0.5, 0.6) is 17.2 Å². The van der Waals surface area contributed by atoms with Crippen molar-refractivity contribution in [1.82, 2.24) is 9.99 Å². The molecular formula is C26H21N3O4. The van der Waals surface area contributed by atoms with Gasteiger partial charge in [0.1, 0.15) is 22.8 Å². The van der Waals surface area contributed by atoms with Gasteiger partial charge < -0.3 is 14.4 Å². The number of pyridine rings is 1. The Kier molecular flexibility index (Phi) is 5.36. The molecule has 0 spiro atoms. The van der Waals surface area contributed by atoms with E-state index in [4.69, 9.17) is 4.74 Å². The molecular weight excluding hydrogens is 418 g/mol. The summed E-state index contributed by atoms with van der Waals surface area (Å²) in [5.74, 6) is 0.143. The normalized spacial score (nSPS) is 12.7. The smallest absolute Gasteiger partial charge is 0.280 e. The number of nitrogens with one attached hydrogen (secondary N) is 1. The number of nitrogens with zero attached hydrogens (tertiary/aromatic N) is 2.